The molecule has 1 aromatic rings. The SMILES string of the molecule is O=C1C(=NCC2CCCO2)C(Cl)C(=O)N1Cc1ccccc1. The highest BCUT2D eigenvalue weighted by Gasteiger charge is 2.43. The molecule has 0 aliphatic carbocycles. The average molecular weight is 321 g/mol. The minimum Gasteiger partial charge on any atom is -0.376 e. The minimum atomic E-state index is -0.988. The average Bonchev–Trinajstić information content (AvgIpc) is 3.11. The monoisotopic (exact) mass is 320 g/mol. The topological polar surface area (TPSA) is 59.0 Å². The Bertz CT molecular complexity index is 597. The number of benzene rings is 1. The molecule has 2 unspecified atom stereocenters. The number of imide groups is 1. The lowest BCUT2D eigenvalue weighted by Crippen LogP contribution is -2.30. The Hall–Kier alpha value is -1.72. The Morgan fingerprint density at radius 1 is 1.27 bits per heavy atom. The molecule has 2 amide bonds. The second-order valence-corrected chi connectivity index (χ2v) is 5.88. The number of rotatable bonds is 4. The molecule has 6 heteroatoms. The van der Waals surface area contributed by atoms with Gasteiger partial charge in [0.1, 0.15) is 5.71 Å². The molecule has 0 aromatic heterocycles. The number of likely N-dealkylation sites (tertiary alicyclic amines) is 1. The molecule has 22 heavy (non-hydrogen) atoms. The van der Waals surface area contributed by atoms with Crippen LogP contribution in [0.25, 0.3) is 0 Å². The largest absolute Gasteiger partial charge is 0.376 e. The van der Waals surface area contributed by atoms with Crippen LogP contribution in [0.5, 0.6) is 0 Å². The van der Waals surface area contributed by atoms with Crippen molar-refractivity contribution >= 4 is 29.1 Å². The van der Waals surface area contributed by atoms with Crippen LogP contribution in [0.15, 0.2) is 35.3 Å². The Morgan fingerprint density at radius 2 is 2.05 bits per heavy atom. The zero-order valence-electron chi connectivity index (χ0n) is 12.1. The van der Waals surface area contributed by atoms with Crippen LogP contribution >= 0.6 is 11.6 Å². The van der Waals surface area contributed by atoms with Gasteiger partial charge in [-0.1, -0.05) is 30.3 Å². The van der Waals surface area contributed by atoms with Crippen molar-refractivity contribution in [3.8, 4) is 0 Å². The van der Waals surface area contributed by atoms with Crippen molar-refractivity contribution in [2.45, 2.75) is 30.9 Å². The molecule has 116 valence electrons. The van der Waals surface area contributed by atoms with Crippen molar-refractivity contribution < 1.29 is 14.3 Å². The molecule has 2 saturated heterocycles. The molecule has 0 radical (unpaired) electrons. The smallest absolute Gasteiger partial charge is 0.276 e. The van der Waals surface area contributed by atoms with Crippen LogP contribution in [0.2, 0.25) is 0 Å². The van der Waals surface area contributed by atoms with Crippen LogP contribution in [-0.2, 0) is 20.9 Å². The van der Waals surface area contributed by atoms with Gasteiger partial charge < -0.3 is 4.74 Å². The fourth-order valence-corrected chi connectivity index (χ4v) is 2.93. The molecule has 5 nitrogen and oxygen atoms in total. The fraction of sp³-hybridized carbons (Fsp3) is 0.438. The fourth-order valence-electron chi connectivity index (χ4n) is 2.65. The number of ether oxygens (including phenoxy) is 1. The van der Waals surface area contributed by atoms with Crippen molar-refractivity contribution in [3.05, 3.63) is 35.9 Å². The summed E-state index contributed by atoms with van der Waals surface area (Å²) >= 11 is 6.09. The summed E-state index contributed by atoms with van der Waals surface area (Å²) in [6, 6.07) is 9.35. The molecule has 2 atom stereocenters. The second kappa shape index (κ2) is 6.58. The lowest BCUT2D eigenvalue weighted by Gasteiger charge is -2.13. The third-order valence-electron chi connectivity index (χ3n) is 3.86. The van der Waals surface area contributed by atoms with Gasteiger partial charge >= 0.3 is 0 Å². The van der Waals surface area contributed by atoms with Crippen molar-refractivity contribution in [2.75, 3.05) is 13.2 Å². The summed E-state index contributed by atoms with van der Waals surface area (Å²) in [6.45, 7) is 1.34. The van der Waals surface area contributed by atoms with E-state index in [0.717, 1.165) is 25.0 Å². The van der Waals surface area contributed by atoms with Gasteiger partial charge in [-0.05, 0) is 18.4 Å². The maximum Gasteiger partial charge on any atom is 0.276 e. The normalized spacial score (nSPS) is 27.1. The van der Waals surface area contributed by atoms with E-state index in [9.17, 15) is 9.59 Å². The molecule has 1 aromatic carbocycles. The van der Waals surface area contributed by atoms with Crippen LogP contribution in [-0.4, -0.2) is 47.1 Å². The molecule has 2 aliphatic rings. The number of halogens is 1. The minimum absolute atomic E-state index is 0.0300. The van der Waals surface area contributed by atoms with Crippen LogP contribution in [0.4, 0.5) is 0 Å². The molecule has 2 fully saturated rings. The summed E-state index contributed by atoms with van der Waals surface area (Å²) in [5, 5.41) is -0.988. The highest BCUT2D eigenvalue weighted by Crippen LogP contribution is 2.20. The summed E-state index contributed by atoms with van der Waals surface area (Å²) in [4.78, 5) is 30.0. The highest BCUT2D eigenvalue weighted by molar-refractivity contribution is 6.63. The van der Waals surface area contributed by atoms with Gasteiger partial charge in [0.25, 0.3) is 11.8 Å². The van der Waals surface area contributed by atoms with Gasteiger partial charge in [0.05, 0.1) is 19.2 Å². The van der Waals surface area contributed by atoms with E-state index in [0.29, 0.717) is 6.54 Å². The second-order valence-electron chi connectivity index (χ2n) is 5.44. The lowest BCUT2D eigenvalue weighted by molar-refractivity contribution is -0.137. The Labute approximate surface area is 133 Å². The zero-order chi connectivity index (χ0) is 15.5. The van der Waals surface area contributed by atoms with E-state index < -0.39 is 17.2 Å². The van der Waals surface area contributed by atoms with Gasteiger partial charge in [0.15, 0.2) is 5.38 Å². The van der Waals surface area contributed by atoms with Crippen LogP contribution in [0.1, 0.15) is 18.4 Å². The maximum absolute atomic E-state index is 12.4. The predicted molar refractivity (Wildman–Crippen MR) is 82.9 cm³/mol. The first-order valence-corrected chi connectivity index (χ1v) is 7.80. The number of carbonyl (C=O) groups excluding carboxylic acids is 2. The van der Waals surface area contributed by atoms with E-state index in [1.807, 2.05) is 30.3 Å². The third kappa shape index (κ3) is 3.05. The van der Waals surface area contributed by atoms with E-state index in [1.54, 1.807) is 0 Å². The predicted octanol–water partition coefficient (Wildman–Crippen LogP) is 1.78. The number of alkyl halides is 1. The molecule has 0 spiro atoms. The number of hydrogen-bond acceptors (Lipinski definition) is 4. The Balaban J connectivity index is 1.72. The molecule has 0 N–H and O–H groups in total. The van der Waals surface area contributed by atoms with Crippen LogP contribution in [0, 0.1) is 0 Å². The Morgan fingerprint density at radius 3 is 2.73 bits per heavy atom. The number of nitrogens with zero attached hydrogens (tertiary/aromatic N) is 2. The van der Waals surface area contributed by atoms with E-state index in [1.165, 1.54) is 4.90 Å². The number of amides is 2. The van der Waals surface area contributed by atoms with Crippen LogP contribution < -0.4 is 0 Å². The standard InChI is InChI=1S/C16H17ClN2O3/c17-13-14(18-9-12-7-4-8-22-12)16(21)19(15(13)20)10-11-5-2-1-3-6-11/h1-3,5-6,12-13H,4,7-10H2. The first-order valence-electron chi connectivity index (χ1n) is 7.36. The summed E-state index contributed by atoms with van der Waals surface area (Å²) in [5.41, 5.74) is 1.02. The summed E-state index contributed by atoms with van der Waals surface area (Å²) < 4.78 is 5.47. The highest BCUT2D eigenvalue weighted by atomic mass is 35.5. The van der Waals surface area contributed by atoms with Crippen molar-refractivity contribution in [1.29, 1.82) is 0 Å². The van der Waals surface area contributed by atoms with Gasteiger partial charge in [-0.3, -0.25) is 19.5 Å². The van der Waals surface area contributed by atoms with E-state index >= 15 is 0 Å². The molecular formula is C16H17ClN2O3. The van der Waals surface area contributed by atoms with Gasteiger partial charge in [-0.2, -0.15) is 0 Å². The van der Waals surface area contributed by atoms with Crippen molar-refractivity contribution in [1.82, 2.24) is 4.90 Å². The Kier molecular flexibility index (Phi) is 4.55. The summed E-state index contributed by atoms with van der Waals surface area (Å²) in [6.07, 6.45) is 1.97. The first kappa shape index (κ1) is 15.2. The zero-order valence-corrected chi connectivity index (χ0v) is 12.8. The number of aliphatic imine (C=N–C) groups is 1. The first-order chi connectivity index (χ1) is 10.7. The molecule has 3 rings (SSSR count). The molecular weight excluding hydrogens is 304 g/mol. The van der Waals surface area contributed by atoms with Crippen molar-refractivity contribution in [3.63, 3.8) is 0 Å². The van der Waals surface area contributed by atoms with E-state index in [4.69, 9.17) is 16.3 Å². The quantitative estimate of drug-likeness (QED) is 0.627. The number of hydrogen-bond donors (Lipinski definition) is 0. The van der Waals surface area contributed by atoms with Crippen molar-refractivity contribution in [2.24, 2.45) is 4.99 Å². The van der Waals surface area contributed by atoms with Gasteiger partial charge in [-0.25, -0.2) is 0 Å². The summed E-state index contributed by atoms with van der Waals surface area (Å²) in [5.74, 6) is -0.798. The number of carbonyl (C=O) groups is 2. The van der Waals surface area contributed by atoms with E-state index in [2.05, 4.69) is 4.99 Å². The maximum atomic E-state index is 12.4. The molecule has 2 heterocycles. The van der Waals surface area contributed by atoms with Gasteiger partial charge in [-0.15, -0.1) is 11.6 Å². The summed E-state index contributed by atoms with van der Waals surface area (Å²) in [7, 11) is 0. The van der Waals surface area contributed by atoms with Gasteiger partial charge in [0, 0.05) is 6.61 Å². The molecule has 2 aliphatic heterocycles. The third-order valence-corrected chi connectivity index (χ3v) is 4.25. The molecule has 0 saturated carbocycles. The van der Waals surface area contributed by atoms with Gasteiger partial charge in [0.2, 0.25) is 0 Å². The lowest BCUT2D eigenvalue weighted by atomic mass is 10.2. The van der Waals surface area contributed by atoms with E-state index in [-0.39, 0.29) is 18.4 Å². The van der Waals surface area contributed by atoms with Crippen LogP contribution in [0.3, 0.4) is 0 Å². The molecule has 0 bridgehead atoms.